The second-order valence-corrected chi connectivity index (χ2v) is 5.17. The van der Waals surface area contributed by atoms with Crippen molar-refractivity contribution in [3.8, 4) is 0 Å². The number of benzene rings is 1. The minimum Gasteiger partial charge on any atom is -0.354 e. The van der Waals surface area contributed by atoms with Gasteiger partial charge in [0.25, 0.3) is 0 Å². The number of rotatable bonds is 4. The molecule has 1 heterocycles. The lowest BCUT2D eigenvalue weighted by Gasteiger charge is -2.11. The molecule has 2 rings (SSSR count). The molecule has 0 spiro atoms. The van der Waals surface area contributed by atoms with Crippen LogP contribution in [0, 0.1) is 16.3 Å². The second-order valence-electron chi connectivity index (χ2n) is 4.00. The summed E-state index contributed by atoms with van der Waals surface area (Å²) >= 11 is 2.09. The highest BCUT2D eigenvalue weighted by atomic mass is 127. The molecule has 0 atom stereocenters. The van der Waals surface area contributed by atoms with Crippen molar-refractivity contribution in [1.29, 1.82) is 0 Å². The maximum Gasteiger partial charge on any atom is 0.224 e. The van der Waals surface area contributed by atoms with E-state index in [1.165, 1.54) is 12.1 Å². The average molecular weight is 372 g/mol. The summed E-state index contributed by atoms with van der Waals surface area (Å²) in [6, 6.07) is 4.60. The Kier molecular flexibility index (Phi) is 4.52. The van der Waals surface area contributed by atoms with Crippen LogP contribution in [0.1, 0.15) is 12.5 Å². The van der Waals surface area contributed by atoms with Crippen LogP contribution in [0.3, 0.4) is 0 Å². The van der Waals surface area contributed by atoms with Crippen LogP contribution in [0.4, 0.5) is 21.8 Å². The molecule has 0 fully saturated rings. The van der Waals surface area contributed by atoms with Crippen molar-refractivity contribution in [3.05, 3.63) is 39.3 Å². The molecule has 2 N–H and O–H groups in total. The molecule has 19 heavy (non-hydrogen) atoms. The molecule has 1 aromatic heterocycles. The van der Waals surface area contributed by atoms with E-state index in [4.69, 9.17) is 0 Å². The Morgan fingerprint density at radius 1 is 1.37 bits per heavy atom. The fourth-order valence-electron chi connectivity index (χ4n) is 1.53. The molecule has 0 saturated carbocycles. The Hall–Kier alpha value is -1.44. The molecule has 0 saturated heterocycles. The van der Waals surface area contributed by atoms with Crippen molar-refractivity contribution in [2.24, 2.45) is 0 Å². The molecule has 2 aromatic rings. The number of nitrogens with zero attached hydrogens (tertiary/aromatic N) is 2. The fourth-order valence-corrected chi connectivity index (χ4v) is 2.14. The van der Waals surface area contributed by atoms with Gasteiger partial charge in [0.15, 0.2) is 0 Å². The number of aromatic nitrogens is 2. The normalized spacial score (nSPS) is 10.3. The Morgan fingerprint density at radius 2 is 2.16 bits per heavy atom. The van der Waals surface area contributed by atoms with Crippen molar-refractivity contribution < 1.29 is 4.39 Å². The van der Waals surface area contributed by atoms with Gasteiger partial charge in [-0.2, -0.15) is 4.98 Å². The van der Waals surface area contributed by atoms with E-state index in [2.05, 4.69) is 43.2 Å². The average Bonchev–Trinajstić information content (AvgIpc) is 2.37. The molecule has 0 amide bonds. The third kappa shape index (κ3) is 3.52. The summed E-state index contributed by atoms with van der Waals surface area (Å²) in [6.45, 7) is 4.67. The highest BCUT2D eigenvalue weighted by Crippen LogP contribution is 2.24. The standard InChI is InChI=1S/C13H14FIN4/c1-3-16-13-17-7-8(2)12(19-13)18-11-5-4-9(14)6-10(11)15/h4-7H,3H2,1-2H3,(H2,16,17,18,19). The summed E-state index contributed by atoms with van der Waals surface area (Å²) in [6.07, 6.45) is 1.75. The summed E-state index contributed by atoms with van der Waals surface area (Å²) < 4.78 is 13.9. The molecule has 6 heteroatoms. The highest BCUT2D eigenvalue weighted by molar-refractivity contribution is 14.1. The highest BCUT2D eigenvalue weighted by Gasteiger charge is 2.07. The van der Waals surface area contributed by atoms with E-state index >= 15 is 0 Å². The summed E-state index contributed by atoms with van der Waals surface area (Å²) in [4.78, 5) is 8.57. The van der Waals surface area contributed by atoms with Gasteiger partial charge in [-0.25, -0.2) is 9.37 Å². The van der Waals surface area contributed by atoms with Gasteiger partial charge in [-0.1, -0.05) is 0 Å². The molecule has 0 aliphatic carbocycles. The summed E-state index contributed by atoms with van der Waals surface area (Å²) in [5.74, 6) is 1.05. The molecule has 0 bridgehead atoms. The second kappa shape index (κ2) is 6.14. The maximum atomic E-state index is 13.1. The zero-order chi connectivity index (χ0) is 13.8. The van der Waals surface area contributed by atoms with Gasteiger partial charge in [-0.15, -0.1) is 0 Å². The molecule has 4 nitrogen and oxygen atoms in total. The van der Waals surface area contributed by atoms with Crippen LogP contribution in [0.5, 0.6) is 0 Å². The summed E-state index contributed by atoms with van der Waals surface area (Å²) in [7, 11) is 0. The number of nitrogens with one attached hydrogen (secondary N) is 2. The number of hydrogen-bond acceptors (Lipinski definition) is 4. The first-order valence-corrected chi connectivity index (χ1v) is 6.97. The van der Waals surface area contributed by atoms with Gasteiger partial charge in [0.2, 0.25) is 5.95 Å². The lowest BCUT2D eigenvalue weighted by molar-refractivity contribution is 0.627. The Bertz CT molecular complexity index is 589. The SMILES string of the molecule is CCNc1ncc(C)c(Nc2ccc(F)cc2I)n1. The number of aryl methyl sites for hydroxylation is 1. The van der Waals surface area contributed by atoms with Crippen molar-refractivity contribution in [1.82, 2.24) is 9.97 Å². The van der Waals surface area contributed by atoms with Gasteiger partial charge in [0, 0.05) is 21.9 Å². The van der Waals surface area contributed by atoms with Crippen molar-refractivity contribution in [2.45, 2.75) is 13.8 Å². The van der Waals surface area contributed by atoms with Gasteiger partial charge in [-0.3, -0.25) is 0 Å². The maximum absolute atomic E-state index is 13.1. The number of halogens is 2. The summed E-state index contributed by atoms with van der Waals surface area (Å²) in [5.41, 5.74) is 1.76. The molecule has 100 valence electrons. The van der Waals surface area contributed by atoms with E-state index in [9.17, 15) is 4.39 Å². The third-order valence-corrected chi connectivity index (χ3v) is 3.38. The van der Waals surface area contributed by atoms with Crippen LogP contribution in [0.25, 0.3) is 0 Å². The fraction of sp³-hybridized carbons (Fsp3) is 0.231. The van der Waals surface area contributed by atoms with Crippen LogP contribution >= 0.6 is 22.6 Å². The van der Waals surface area contributed by atoms with Crippen LogP contribution in [-0.2, 0) is 0 Å². The third-order valence-electron chi connectivity index (χ3n) is 2.49. The molecular formula is C13H14FIN4. The summed E-state index contributed by atoms with van der Waals surface area (Å²) in [5, 5.41) is 6.26. The van der Waals surface area contributed by atoms with Gasteiger partial charge in [0.05, 0.1) is 5.69 Å². The molecular weight excluding hydrogens is 358 g/mol. The monoisotopic (exact) mass is 372 g/mol. The van der Waals surface area contributed by atoms with Gasteiger partial charge >= 0.3 is 0 Å². The molecule has 0 unspecified atom stereocenters. The molecule has 1 aromatic carbocycles. The predicted octanol–water partition coefficient (Wildman–Crippen LogP) is 3.70. The van der Waals surface area contributed by atoms with Crippen molar-refractivity contribution in [3.63, 3.8) is 0 Å². The van der Waals surface area contributed by atoms with Crippen molar-refractivity contribution >= 4 is 40.0 Å². The van der Waals surface area contributed by atoms with Crippen LogP contribution in [-0.4, -0.2) is 16.5 Å². The Labute approximate surface area is 125 Å². The molecule has 0 aliphatic rings. The minimum absolute atomic E-state index is 0.248. The zero-order valence-corrected chi connectivity index (χ0v) is 12.8. The van der Waals surface area contributed by atoms with E-state index < -0.39 is 0 Å². The van der Waals surface area contributed by atoms with Crippen molar-refractivity contribution in [2.75, 3.05) is 17.2 Å². The molecule has 0 aliphatic heterocycles. The topological polar surface area (TPSA) is 49.8 Å². The first kappa shape index (κ1) is 14.0. The molecule has 0 radical (unpaired) electrons. The van der Waals surface area contributed by atoms with Crippen LogP contribution < -0.4 is 10.6 Å². The number of anilines is 3. The first-order valence-electron chi connectivity index (χ1n) is 5.89. The van der Waals surface area contributed by atoms with Gasteiger partial charge < -0.3 is 10.6 Å². The zero-order valence-electron chi connectivity index (χ0n) is 10.7. The van der Waals surface area contributed by atoms with E-state index in [1.54, 1.807) is 12.3 Å². The quantitative estimate of drug-likeness (QED) is 0.804. The first-order chi connectivity index (χ1) is 9.10. The predicted molar refractivity (Wildman–Crippen MR) is 83.3 cm³/mol. The van der Waals surface area contributed by atoms with E-state index in [0.717, 1.165) is 27.2 Å². The number of hydrogen-bond donors (Lipinski definition) is 2. The Morgan fingerprint density at radius 3 is 2.84 bits per heavy atom. The van der Waals surface area contributed by atoms with Crippen LogP contribution in [0.15, 0.2) is 24.4 Å². The minimum atomic E-state index is -0.248. The van der Waals surface area contributed by atoms with Gasteiger partial charge in [0.1, 0.15) is 11.6 Å². The smallest absolute Gasteiger partial charge is 0.224 e. The lowest BCUT2D eigenvalue weighted by Crippen LogP contribution is -2.06. The van der Waals surface area contributed by atoms with Gasteiger partial charge in [-0.05, 0) is 54.6 Å². The largest absolute Gasteiger partial charge is 0.354 e. The Balaban J connectivity index is 2.29. The van der Waals surface area contributed by atoms with E-state index in [1.807, 2.05) is 13.8 Å². The lowest BCUT2D eigenvalue weighted by atomic mass is 10.3. The van der Waals surface area contributed by atoms with E-state index in [-0.39, 0.29) is 5.82 Å². The van der Waals surface area contributed by atoms with Crippen LogP contribution in [0.2, 0.25) is 0 Å². The van der Waals surface area contributed by atoms with E-state index in [0.29, 0.717) is 5.95 Å².